The Hall–Kier alpha value is -9.91. The van der Waals surface area contributed by atoms with E-state index >= 15 is 0 Å². The van der Waals surface area contributed by atoms with Crippen molar-refractivity contribution in [2.75, 3.05) is 0 Å². The summed E-state index contributed by atoms with van der Waals surface area (Å²) < 4.78 is 47.4. The van der Waals surface area contributed by atoms with Gasteiger partial charge in [0.1, 0.15) is 11.6 Å². The molecule has 0 atom stereocenters. The number of alkyl halides is 3. The van der Waals surface area contributed by atoms with Gasteiger partial charge < -0.3 is 9.13 Å². The Morgan fingerprint density at radius 1 is 0.364 bits per heavy atom. The van der Waals surface area contributed by atoms with Crippen LogP contribution in [-0.4, -0.2) is 9.13 Å². The minimum Gasteiger partial charge on any atom is -0.308 e. The molecule has 10 aromatic rings. The van der Waals surface area contributed by atoms with Gasteiger partial charge in [-0.2, -0.15) is 44.7 Å². The smallest absolute Gasteiger partial charge is 0.308 e. The van der Waals surface area contributed by atoms with Crippen molar-refractivity contribution in [3.8, 4) is 81.2 Å². The number of aromatic nitrogens is 2. The maximum absolute atomic E-state index is 14.5. The standard InChI is InChI=1S/C55H25F3N8/c56-55(57,58)41-20-34(28-61)19-37(21-41)38-24-53(65-49-7-3-1-5-44(49)46-15-11-35(22-51(46)65)42-13-9-32(26-59)17-39(42)29-62)48(31-64)54(25-38)66-50-8-4-2-6-45(50)47-16-12-36(23-52(47)66)43-14-10-33(27-60)18-40(43)30-63/h1-25H. The van der Waals surface area contributed by atoms with Crippen LogP contribution in [0.4, 0.5) is 13.2 Å². The van der Waals surface area contributed by atoms with Crippen LogP contribution in [0.25, 0.3) is 88.4 Å². The van der Waals surface area contributed by atoms with Gasteiger partial charge in [-0.1, -0.05) is 72.8 Å². The third-order valence-electron chi connectivity index (χ3n) is 11.9. The Balaban J connectivity index is 1.35. The average molecular weight is 855 g/mol. The van der Waals surface area contributed by atoms with Crippen LogP contribution in [0.5, 0.6) is 0 Å². The molecule has 0 unspecified atom stereocenters. The van der Waals surface area contributed by atoms with Crippen molar-refractivity contribution in [3.05, 3.63) is 191 Å². The second-order valence-electron chi connectivity index (χ2n) is 15.5. The third kappa shape index (κ3) is 6.42. The topological polar surface area (TPSA) is 153 Å². The molecule has 66 heavy (non-hydrogen) atoms. The first kappa shape index (κ1) is 40.2. The molecular formula is C55H25F3N8. The fourth-order valence-electron chi connectivity index (χ4n) is 8.98. The average Bonchev–Trinajstić information content (AvgIpc) is 3.86. The highest BCUT2D eigenvalue weighted by Gasteiger charge is 2.32. The maximum atomic E-state index is 14.5. The number of benzene rings is 8. The number of para-hydroxylation sites is 2. The van der Waals surface area contributed by atoms with E-state index in [4.69, 9.17) is 0 Å². The second-order valence-corrected chi connectivity index (χ2v) is 15.5. The summed E-state index contributed by atoms with van der Waals surface area (Å²) in [6, 6.07) is 55.6. The summed E-state index contributed by atoms with van der Waals surface area (Å²) in [6.07, 6.45) is -4.78. The van der Waals surface area contributed by atoms with E-state index in [1.807, 2.05) is 100 Å². The lowest BCUT2D eigenvalue weighted by atomic mass is 9.96. The normalized spacial score (nSPS) is 11.2. The van der Waals surface area contributed by atoms with E-state index in [9.17, 15) is 44.7 Å². The lowest BCUT2D eigenvalue weighted by Gasteiger charge is -2.19. The summed E-state index contributed by atoms with van der Waals surface area (Å²) in [7, 11) is 0. The van der Waals surface area contributed by atoms with Crippen LogP contribution in [0.3, 0.4) is 0 Å². The predicted octanol–water partition coefficient (Wildman–Crippen LogP) is 13.1. The van der Waals surface area contributed by atoms with E-state index in [1.165, 1.54) is 18.2 Å². The maximum Gasteiger partial charge on any atom is 0.416 e. The summed E-state index contributed by atoms with van der Waals surface area (Å²) >= 11 is 0. The van der Waals surface area contributed by atoms with Crippen molar-refractivity contribution in [2.24, 2.45) is 0 Å². The first-order valence-electron chi connectivity index (χ1n) is 20.2. The second kappa shape index (κ2) is 15.5. The molecule has 306 valence electrons. The Bertz CT molecular complexity index is 3800. The minimum absolute atomic E-state index is 0.0868. The van der Waals surface area contributed by atoms with Crippen LogP contribution in [-0.2, 0) is 6.18 Å². The molecule has 2 heterocycles. The molecule has 0 saturated heterocycles. The predicted molar refractivity (Wildman–Crippen MR) is 245 cm³/mol. The van der Waals surface area contributed by atoms with Gasteiger partial charge in [0.25, 0.3) is 0 Å². The molecule has 0 amide bonds. The molecule has 10 rings (SSSR count). The molecule has 8 aromatic carbocycles. The molecule has 0 bridgehead atoms. The molecule has 11 heteroatoms. The third-order valence-corrected chi connectivity index (χ3v) is 11.9. The van der Waals surface area contributed by atoms with E-state index < -0.39 is 11.7 Å². The monoisotopic (exact) mass is 854 g/mol. The molecule has 0 aliphatic carbocycles. The molecule has 0 spiro atoms. The highest BCUT2D eigenvalue weighted by atomic mass is 19.4. The van der Waals surface area contributed by atoms with Crippen molar-refractivity contribution >= 4 is 43.6 Å². The number of rotatable bonds is 5. The SMILES string of the molecule is N#Cc1cc(-c2cc(-n3c4ccccc4c4ccc(-c5ccc(C#N)cc5C#N)cc43)c(C#N)c(-n3c4ccccc4c4ccc(-c5ccc(C#N)cc5C#N)cc43)c2)cc(C(F)(F)F)c1. The van der Waals surface area contributed by atoms with Crippen molar-refractivity contribution < 1.29 is 13.2 Å². The molecule has 0 N–H and O–H groups in total. The number of nitriles is 6. The summed E-state index contributed by atoms with van der Waals surface area (Å²) in [6.45, 7) is 0. The molecular weight excluding hydrogens is 830 g/mol. The van der Waals surface area contributed by atoms with Gasteiger partial charge in [0.2, 0.25) is 0 Å². The van der Waals surface area contributed by atoms with Crippen molar-refractivity contribution in [1.82, 2.24) is 9.13 Å². The fourth-order valence-corrected chi connectivity index (χ4v) is 8.98. The number of halogens is 3. The molecule has 0 fully saturated rings. The van der Waals surface area contributed by atoms with Gasteiger partial charge in [0, 0.05) is 21.5 Å². The minimum atomic E-state index is -4.78. The van der Waals surface area contributed by atoms with Gasteiger partial charge in [-0.3, -0.25) is 0 Å². The van der Waals surface area contributed by atoms with Gasteiger partial charge in [-0.05, 0) is 112 Å². The van der Waals surface area contributed by atoms with Crippen LogP contribution in [0.1, 0.15) is 38.9 Å². The number of hydrogen-bond acceptors (Lipinski definition) is 6. The molecule has 8 nitrogen and oxygen atoms in total. The Morgan fingerprint density at radius 3 is 1.26 bits per heavy atom. The first-order valence-corrected chi connectivity index (χ1v) is 20.2. The van der Waals surface area contributed by atoms with Crippen molar-refractivity contribution in [3.63, 3.8) is 0 Å². The molecule has 0 saturated carbocycles. The van der Waals surface area contributed by atoms with Crippen LogP contribution in [0.15, 0.2) is 152 Å². The Kier molecular flexibility index (Phi) is 9.41. The Labute approximate surface area is 374 Å². The van der Waals surface area contributed by atoms with Crippen LogP contribution in [0.2, 0.25) is 0 Å². The fraction of sp³-hybridized carbons (Fsp3) is 0.0182. The number of fused-ring (bicyclic) bond motifs is 6. The molecule has 2 aromatic heterocycles. The zero-order chi connectivity index (χ0) is 45.9. The van der Waals surface area contributed by atoms with Gasteiger partial charge >= 0.3 is 6.18 Å². The molecule has 0 radical (unpaired) electrons. The van der Waals surface area contributed by atoms with Gasteiger partial charge in [-0.15, -0.1) is 0 Å². The van der Waals surface area contributed by atoms with Gasteiger partial charge in [-0.25, -0.2) is 0 Å². The van der Waals surface area contributed by atoms with E-state index in [0.29, 0.717) is 66.8 Å². The highest BCUT2D eigenvalue weighted by Crippen LogP contribution is 2.43. The summed E-state index contributed by atoms with van der Waals surface area (Å²) in [5.74, 6) is 0. The highest BCUT2D eigenvalue weighted by molar-refractivity contribution is 6.12. The van der Waals surface area contributed by atoms with Crippen LogP contribution in [0, 0.1) is 68.0 Å². The summed E-state index contributed by atoms with van der Waals surface area (Å²) in [5, 5.41) is 64.2. The van der Waals surface area contributed by atoms with E-state index in [1.54, 1.807) is 36.4 Å². The summed E-state index contributed by atoms with van der Waals surface area (Å²) in [5.41, 5.74) is 6.21. The number of nitrogens with zero attached hydrogens (tertiary/aromatic N) is 8. The lowest BCUT2D eigenvalue weighted by molar-refractivity contribution is -0.137. The van der Waals surface area contributed by atoms with Gasteiger partial charge in [0.15, 0.2) is 0 Å². The zero-order valence-electron chi connectivity index (χ0n) is 34.1. The number of hydrogen-bond donors (Lipinski definition) is 0. The zero-order valence-corrected chi connectivity index (χ0v) is 34.1. The Morgan fingerprint density at radius 2 is 0.818 bits per heavy atom. The molecule has 0 aliphatic heterocycles. The van der Waals surface area contributed by atoms with E-state index in [0.717, 1.165) is 33.7 Å². The van der Waals surface area contributed by atoms with E-state index in [-0.39, 0.29) is 33.4 Å². The first-order chi connectivity index (χ1) is 32.1. The lowest BCUT2D eigenvalue weighted by Crippen LogP contribution is -2.07. The van der Waals surface area contributed by atoms with E-state index in [2.05, 4.69) is 30.3 Å². The van der Waals surface area contributed by atoms with Crippen LogP contribution >= 0.6 is 0 Å². The van der Waals surface area contributed by atoms with Crippen molar-refractivity contribution in [2.45, 2.75) is 6.18 Å². The summed E-state index contributed by atoms with van der Waals surface area (Å²) in [4.78, 5) is 0. The van der Waals surface area contributed by atoms with Crippen LogP contribution < -0.4 is 0 Å². The quantitative estimate of drug-likeness (QED) is 0.168. The van der Waals surface area contributed by atoms with Gasteiger partial charge in [0.05, 0.1) is 97.2 Å². The van der Waals surface area contributed by atoms with Crippen molar-refractivity contribution in [1.29, 1.82) is 31.6 Å². The largest absolute Gasteiger partial charge is 0.416 e. The molecule has 0 aliphatic rings.